The van der Waals surface area contributed by atoms with E-state index in [0.717, 1.165) is 18.8 Å². The highest BCUT2D eigenvalue weighted by Gasteiger charge is 2.17. The number of nitrogens with one attached hydrogen (secondary N) is 1. The van der Waals surface area contributed by atoms with Crippen LogP contribution in [0.15, 0.2) is 24.7 Å². The number of nitrogens with zero attached hydrogens (tertiary/aromatic N) is 4. The Balaban J connectivity index is 1.56. The van der Waals surface area contributed by atoms with Crippen LogP contribution >= 0.6 is 0 Å². The molecular weight excluding hydrogens is 262 g/mol. The maximum Gasteiger partial charge on any atom is 0.148 e. The van der Waals surface area contributed by atoms with Gasteiger partial charge in [-0.1, -0.05) is 19.8 Å². The standard InChI is InChI=1S/C16H25N5/c1-3-13(2)20-9-8-16(19-20)17-10-14-11-18-21(12-14)15-6-4-5-7-15/h8-9,11-13,15H,3-7,10H2,1-2H3,(H,17,19)/t13-/m0/s1. The molecule has 2 aromatic heterocycles. The third-order valence-electron chi connectivity index (χ3n) is 4.48. The van der Waals surface area contributed by atoms with Gasteiger partial charge in [0.2, 0.25) is 0 Å². The van der Waals surface area contributed by atoms with Crippen LogP contribution in [0.2, 0.25) is 0 Å². The van der Waals surface area contributed by atoms with Crippen LogP contribution in [0.3, 0.4) is 0 Å². The van der Waals surface area contributed by atoms with Gasteiger partial charge in [0.1, 0.15) is 5.82 Å². The lowest BCUT2D eigenvalue weighted by Crippen LogP contribution is -2.06. The number of aromatic nitrogens is 4. The van der Waals surface area contributed by atoms with Crippen LogP contribution in [-0.2, 0) is 6.54 Å². The number of hydrogen-bond donors (Lipinski definition) is 1. The van der Waals surface area contributed by atoms with Crippen LogP contribution in [0.5, 0.6) is 0 Å². The first-order valence-corrected chi connectivity index (χ1v) is 8.08. The van der Waals surface area contributed by atoms with Crippen molar-refractivity contribution in [3.05, 3.63) is 30.2 Å². The summed E-state index contributed by atoms with van der Waals surface area (Å²) in [4.78, 5) is 0. The molecule has 0 bridgehead atoms. The van der Waals surface area contributed by atoms with Crippen LogP contribution in [-0.4, -0.2) is 19.6 Å². The summed E-state index contributed by atoms with van der Waals surface area (Å²) in [6.45, 7) is 5.14. The van der Waals surface area contributed by atoms with Gasteiger partial charge in [-0.2, -0.15) is 10.2 Å². The van der Waals surface area contributed by atoms with Gasteiger partial charge in [0, 0.05) is 36.6 Å². The van der Waals surface area contributed by atoms with E-state index < -0.39 is 0 Å². The molecule has 1 atom stereocenters. The van der Waals surface area contributed by atoms with Gasteiger partial charge >= 0.3 is 0 Å². The molecule has 2 heterocycles. The third kappa shape index (κ3) is 3.28. The van der Waals surface area contributed by atoms with Crippen LogP contribution in [0, 0.1) is 0 Å². The number of hydrogen-bond acceptors (Lipinski definition) is 3. The van der Waals surface area contributed by atoms with E-state index in [1.165, 1.54) is 31.2 Å². The van der Waals surface area contributed by atoms with Crippen LogP contribution < -0.4 is 5.32 Å². The molecule has 0 amide bonds. The molecule has 5 nitrogen and oxygen atoms in total. The van der Waals surface area contributed by atoms with Crippen molar-refractivity contribution in [3.63, 3.8) is 0 Å². The lowest BCUT2D eigenvalue weighted by Gasteiger charge is -2.09. The Morgan fingerprint density at radius 2 is 2.19 bits per heavy atom. The second kappa shape index (κ2) is 6.33. The molecular formula is C16H25N5. The molecule has 0 radical (unpaired) electrons. The smallest absolute Gasteiger partial charge is 0.148 e. The van der Waals surface area contributed by atoms with Crippen molar-refractivity contribution >= 4 is 5.82 Å². The van der Waals surface area contributed by atoms with E-state index >= 15 is 0 Å². The van der Waals surface area contributed by atoms with Crippen molar-refractivity contribution in [2.75, 3.05) is 5.32 Å². The van der Waals surface area contributed by atoms with E-state index in [4.69, 9.17) is 0 Å². The summed E-state index contributed by atoms with van der Waals surface area (Å²) in [5.74, 6) is 0.934. The molecule has 21 heavy (non-hydrogen) atoms. The summed E-state index contributed by atoms with van der Waals surface area (Å²) in [7, 11) is 0. The monoisotopic (exact) mass is 287 g/mol. The molecule has 0 spiro atoms. The molecule has 1 fully saturated rings. The zero-order chi connectivity index (χ0) is 14.7. The summed E-state index contributed by atoms with van der Waals surface area (Å²) in [5.41, 5.74) is 1.22. The fraction of sp³-hybridized carbons (Fsp3) is 0.625. The lowest BCUT2D eigenvalue weighted by molar-refractivity contribution is 0.466. The summed E-state index contributed by atoms with van der Waals surface area (Å²) in [5, 5.41) is 12.4. The average molecular weight is 287 g/mol. The lowest BCUT2D eigenvalue weighted by atomic mass is 10.2. The predicted octanol–water partition coefficient (Wildman–Crippen LogP) is 3.78. The Bertz CT molecular complexity index is 565. The molecule has 1 aliphatic carbocycles. The van der Waals surface area contributed by atoms with Crippen LogP contribution in [0.4, 0.5) is 5.82 Å². The van der Waals surface area contributed by atoms with Gasteiger partial charge in [0.25, 0.3) is 0 Å². The Hall–Kier alpha value is -1.78. The van der Waals surface area contributed by atoms with E-state index in [2.05, 4.69) is 40.2 Å². The summed E-state index contributed by atoms with van der Waals surface area (Å²) >= 11 is 0. The fourth-order valence-electron chi connectivity index (χ4n) is 2.89. The van der Waals surface area contributed by atoms with Crippen LogP contribution in [0.25, 0.3) is 0 Å². The number of rotatable bonds is 6. The maximum atomic E-state index is 4.56. The summed E-state index contributed by atoms with van der Waals surface area (Å²) < 4.78 is 4.16. The average Bonchev–Trinajstić information content (AvgIpc) is 3.23. The summed E-state index contributed by atoms with van der Waals surface area (Å²) in [6.07, 6.45) is 12.5. The zero-order valence-corrected chi connectivity index (χ0v) is 13.0. The van der Waals surface area contributed by atoms with Crippen molar-refractivity contribution in [2.45, 2.75) is 64.6 Å². The Morgan fingerprint density at radius 1 is 1.38 bits per heavy atom. The molecule has 3 rings (SSSR count). The molecule has 1 saturated carbocycles. The van der Waals surface area contributed by atoms with E-state index in [1.54, 1.807) is 0 Å². The molecule has 5 heteroatoms. The van der Waals surface area contributed by atoms with Gasteiger partial charge in [-0.05, 0) is 26.2 Å². The van der Waals surface area contributed by atoms with E-state index in [0.29, 0.717) is 12.1 Å². The fourth-order valence-corrected chi connectivity index (χ4v) is 2.89. The largest absolute Gasteiger partial charge is 0.364 e. The first-order valence-electron chi connectivity index (χ1n) is 8.08. The molecule has 2 aromatic rings. The first kappa shape index (κ1) is 14.2. The van der Waals surface area contributed by atoms with Gasteiger partial charge < -0.3 is 5.32 Å². The molecule has 0 aromatic carbocycles. The minimum absolute atomic E-state index is 0.450. The highest BCUT2D eigenvalue weighted by Crippen LogP contribution is 2.28. The van der Waals surface area contributed by atoms with Gasteiger partial charge in [-0.25, -0.2) is 0 Å². The van der Waals surface area contributed by atoms with Crippen LogP contribution in [0.1, 0.15) is 63.6 Å². The van der Waals surface area contributed by atoms with E-state index in [-0.39, 0.29) is 0 Å². The van der Waals surface area contributed by atoms with E-state index in [9.17, 15) is 0 Å². The Morgan fingerprint density at radius 3 is 2.95 bits per heavy atom. The van der Waals surface area contributed by atoms with Crippen molar-refractivity contribution in [1.29, 1.82) is 0 Å². The second-order valence-electron chi connectivity index (χ2n) is 6.06. The predicted molar refractivity (Wildman–Crippen MR) is 84.3 cm³/mol. The number of anilines is 1. The second-order valence-corrected chi connectivity index (χ2v) is 6.06. The molecule has 0 unspecified atom stereocenters. The van der Waals surface area contributed by atoms with Crippen molar-refractivity contribution in [1.82, 2.24) is 19.6 Å². The maximum absolute atomic E-state index is 4.56. The topological polar surface area (TPSA) is 47.7 Å². The van der Waals surface area contributed by atoms with Crippen molar-refractivity contribution in [3.8, 4) is 0 Å². The molecule has 0 aliphatic heterocycles. The van der Waals surface area contributed by atoms with Gasteiger partial charge in [0.15, 0.2) is 0 Å². The highest BCUT2D eigenvalue weighted by molar-refractivity contribution is 5.33. The highest BCUT2D eigenvalue weighted by atomic mass is 15.3. The normalized spacial score (nSPS) is 17.2. The minimum Gasteiger partial charge on any atom is -0.364 e. The van der Waals surface area contributed by atoms with E-state index in [1.807, 2.05) is 23.1 Å². The quantitative estimate of drug-likeness (QED) is 0.879. The molecule has 1 aliphatic rings. The Labute approximate surface area is 126 Å². The van der Waals surface area contributed by atoms with Crippen molar-refractivity contribution in [2.24, 2.45) is 0 Å². The minimum atomic E-state index is 0.450. The van der Waals surface area contributed by atoms with Crippen molar-refractivity contribution < 1.29 is 0 Å². The molecule has 1 N–H and O–H groups in total. The Kier molecular flexibility index (Phi) is 4.27. The summed E-state index contributed by atoms with van der Waals surface area (Å²) in [6, 6.07) is 3.10. The first-order chi connectivity index (χ1) is 10.3. The molecule has 114 valence electrons. The van der Waals surface area contributed by atoms with Gasteiger partial charge in [0.05, 0.1) is 12.2 Å². The zero-order valence-electron chi connectivity index (χ0n) is 13.0. The third-order valence-corrected chi connectivity index (χ3v) is 4.48. The SMILES string of the molecule is CC[C@H](C)n1ccc(NCc2cnn(C3CCCC3)c2)n1. The van der Waals surface area contributed by atoms with Gasteiger partial charge in [-0.15, -0.1) is 0 Å². The molecule has 0 saturated heterocycles. The van der Waals surface area contributed by atoms with Gasteiger partial charge in [-0.3, -0.25) is 9.36 Å².